The summed E-state index contributed by atoms with van der Waals surface area (Å²) in [6.07, 6.45) is 0. The average molecular weight is 316 g/mol. The standard InChI is InChI=1S/C4H4N12O6/c17-15(18)7-3-5-9-11-13(3)21-1-2-22-14-4(6-10-12-14)8-16(19)20/h1-2H2/q-2. The van der Waals surface area contributed by atoms with E-state index in [4.69, 9.17) is 9.68 Å². The first-order valence-electron chi connectivity index (χ1n) is 5.11. The van der Waals surface area contributed by atoms with Gasteiger partial charge in [0.05, 0.1) is 0 Å². The molecule has 0 unspecified atom stereocenters. The molecule has 18 nitrogen and oxygen atoms in total. The highest BCUT2D eigenvalue weighted by Crippen LogP contribution is 2.10. The Kier molecular flexibility index (Phi) is 4.32. The summed E-state index contributed by atoms with van der Waals surface area (Å²) >= 11 is 0. The van der Waals surface area contributed by atoms with Crippen LogP contribution in [-0.2, 0) is 0 Å². The summed E-state index contributed by atoms with van der Waals surface area (Å²) in [5.74, 6) is -0.979. The van der Waals surface area contributed by atoms with E-state index >= 15 is 0 Å². The van der Waals surface area contributed by atoms with Crippen LogP contribution in [0.3, 0.4) is 0 Å². The van der Waals surface area contributed by atoms with Crippen LogP contribution in [0, 0.1) is 20.2 Å². The molecule has 2 aromatic rings. The van der Waals surface area contributed by atoms with Crippen molar-refractivity contribution in [3.63, 3.8) is 0 Å². The lowest BCUT2D eigenvalue weighted by molar-refractivity contribution is -0.420. The van der Waals surface area contributed by atoms with Gasteiger partial charge in [-0.25, -0.2) is 30.4 Å². The molecule has 0 amide bonds. The van der Waals surface area contributed by atoms with Crippen LogP contribution in [0.25, 0.3) is 10.9 Å². The van der Waals surface area contributed by atoms with Crippen molar-refractivity contribution < 1.29 is 19.7 Å². The third-order valence-electron chi connectivity index (χ3n) is 1.71. The normalized spacial score (nSPS) is 10.0. The van der Waals surface area contributed by atoms with E-state index in [0.717, 1.165) is 0 Å². The van der Waals surface area contributed by atoms with Crippen LogP contribution < -0.4 is 9.68 Å². The van der Waals surface area contributed by atoms with E-state index in [1.807, 2.05) is 0 Å². The topological polar surface area (TPSA) is 220 Å². The smallest absolute Gasteiger partial charge is 0.164 e. The van der Waals surface area contributed by atoms with Gasteiger partial charge < -0.3 is 9.68 Å². The highest BCUT2D eigenvalue weighted by Gasteiger charge is 2.04. The molecule has 2 aromatic heterocycles. The predicted molar refractivity (Wildman–Crippen MR) is 58.6 cm³/mol. The molecule has 0 radical (unpaired) electrons. The van der Waals surface area contributed by atoms with Crippen molar-refractivity contribution in [3.05, 3.63) is 31.1 Å². The maximum Gasteiger partial charge on any atom is 0.164 e. The number of aromatic nitrogens is 8. The number of rotatable bonds is 9. The zero-order valence-corrected chi connectivity index (χ0v) is 10.2. The van der Waals surface area contributed by atoms with Crippen LogP contribution in [0.15, 0.2) is 0 Å². The van der Waals surface area contributed by atoms with Gasteiger partial charge >= 0.3 is 0 Å². The number of tetrazole rings is 2. The second kappa shape index (κ2) is 6.53. The quantitative estimate of drug-likeness (QED) is 0.268. The highest BCUT2D eigenvalue weighted by molar-refractivity contribution is 5.22. The Hall–Kier alpha value is -3.86. The van der Waals surface area contributed by atoms with Crippen LogP contribution in [0.1, 0.15) is 0 Å². The number of nitro groups is 2. The minimum atomic E-state index is -1.01. The lowest BCUT2D eigenvalue weighted by Crippen LogP contribution is -2.24. The summed E-state index contributed by atoms with van der Waals surface area (Å²) < 4.78 is 0. The molecule has 22 heavy (non-hydrogen) atoms. The lowest BCUT2D eigenvalue weighted by atomic mass is 10.8. The summed E-state index contributed by atoms with van der Waals surface area (Å²) in [7, 11) is 0. The molecule has 0 aliphatic carbocycles. The summed E-state index contributed by atoms with van der Waals surface area (Å²) in [5.41, 5.74) is 5.70. The zero-order chi connectivity index (χ0) is 15.9. The minimum Gasteiger partial charge on any atom is -0.445 e. The number of hydrogen-bond donors (Lipinski definition) is 0. The fourth-order valence-corrected chi connectivity index (χ4v) is 1.03. The van der Waals surface area contributed by atoms with Crippen LogP contribution in [0.5, 0.6) is 0 Å². The van der Waals surface area contributed by atoms with Crippen molar-refractivity contribution in [1.82, 2.24) is 40.7 Å². The third kappa shape index (κ3) is 3.82. The van der Waals surface area contributed by atoms with Gasteiger partial charge in [-0.05, 0) is 0 Å². The van der Waals surface area contributed by atoms with Crippen LogP contribution in [0.2, 0.25) is 0 Å². The second-order valence-electron chi connectivity index (χ2n) is 3.05. The third-order valence-corrected chi connectivity index (χ3v) is 1.71. The molecule has 0 fully saturated rings. The van der Waals surface area contributed by atoms with Gasteiger partial charge in [0.25, 0.3) is 0 Å². The maximum absolute atomic E-state index is 10.2. The van der Waals surface area contributed by atoms with Crippen LogP contribution in [-0.4, -0.2) is 64.0 Å². The Morgan fingerprint density at radius 2 is 1.32 bits per heavy atom. The van der Waals surface area contributed by atoms with E-state index in [2.05, 4.69) is 41.9 Å². The first kappa shape index (κ1) is 14.5. The molecule has 2 rings (SSSR count). The summed E-state index contributed by atoms with van der Waals surface area (Å²) in [6.45, 7) is -0.411. The molecular formula is C4H4N12O6-2. The van der Waals surface area contributed by atoms with E-state index < -0.39 is 22.0 Å². The molecule has 2 heterocycles. The molecule has 0 N–H and O–H groups in total. The molecule has 0 spiro atoms. The van der Waals surface area contributed by atoms with E-state index in [9.17, 15) is 20.2 Å². The molecule has 0 aliphatic rings. The molecular weight excluding hydrogens is 312 g/mol. The fraction of sp³-hybridized carbons (Fsp3) is 0.500. The van der Waals surface area contributed by atoms with Crippen LogP contribution in [0.4, 0.5) is 11.9 Å². The van der Waals surface area contributed by atoms with Gasteiger partial charge in [0.15, 0.2) is 11.9 Å². The van der Waals surface area contributed by atoms with Gasteiger partial charge in [-0.3, -0.25) is 0 Å². The summed E-state index contributed by atoms with van der Waals surface area (Å²) in [6, 6.07) is 0. The van der Waals surface area contributed by atoms with Crippen LogP contribution >= 0.6 is 0 Å². The fourth-order valence-electron chi connectivity index (χ4n) is 1.03. The van der Waals surface area contributed by atoms with Gasteiger partial charge in [0.1, 0.15) is 23.3 Å². The molecule has 18 heteroatoms. The van der Waals surface area contributed by atoms with Crippen molar-refractivity contribution in [2.75, 3.05) is 13.2 Å². The Morgan fingerprint density at radius 1 is 0.909 bits per heavy atom. The molecule has 0 saturated carbocycles. The number of hydrogen-bond acceptors (Lipinski definition) is 12. The number of nitrogens with zero attached hydrogens (tertiary/aromatic N) is 12. The van der Waals surface area contributed by atoms with E-state index in [-0.39, 0.29) is 13.2 Å². The Labute approximate surface area is 118 Å². The van der Waals surface area contributed by atoms with E-state index in [0.29, 0.717) is 9.69 Å². The molecule has 0 saturated heterocycles. The Morgan fingerprint density at radius 3 is 1.68 bits per heavy atom. The largest absolute Gasteiger partial charge is 0.445 e. The first-order valence-corrected chi connectivity index (χ1v) is 5.11. The van der Waals surface area contributed by atoms with Crippen molar-refractivity contribution >= 4 is 11.9 Å². The van der Waals surface area contributed by atoms with Crippen molar-refractivity contribution in [1.29, 1.82) is 0 Å². The maximum atomic E-state index is 10.2. The van der Waals surface area contributed by atoms with Gasteiger partial charge in [-0.2, -0.15) is 0 Å². The van der Waals surface area contributed by atoms with Crippen molar-refractivity contribution in [2.45, 2.75) is 0 Å². The van der Waals surface area contributed by atoms with Gasteiger partial charge in [-0.1, -0.05) is 21.3 Å². The van der Waals surface area contributed by atoms with Gasteiger partial charge in [-0.15, -0.1) is 20.1 Å². The second-order valence-corrected chi connectivity index (χ2v) is 3.05. The highest BCUT2D eigenvalue weighted by atomic mass is 16.7. The molecule has 0 atom stereocenters. The van der Waals surface area contributed by atoms with E-state index in [1.54, 1.807) is 0 Å². The molecule has 0 aliphatic heterocycles. The van der Waals surface area contributed by atoms with Crippen molar-refractivity contribution in [2.24, 2.45) is 0 Å². The molecule has 0 aromatic carbocycles. The minimum absolute atomic E-state index is 0.205. The molecule has 118 valence electrons. The molecule has 0 bridgehead atoms. The summed E-state index contributed by atoms with van der Waals surface area (Å²) in [5, 5.41) is 37.6. The Bertz CT molecular complexity index is 593. The van der Waals surface area contributed by atoms with Gasteiger partial charge in [0, 0.05) is 0 Å². The summed E-state index contributed by atoms with van der Waals surface area (Å²) in [4.78, 5) is 31.4. The van der Waals surface area contributed by atoms with Gasteiger partial charge in [0.2, 0.25) is 0 Å². The Balaban J connectivity index is 1.80. The van der Waals surface area contributed by atoms with E-state index in [1.165, 1.54) is 0 Å². The zero-order valence-electron chi connectivity index (χ0n) is 10.2. The SMILES string of the molecule is O=[N+]([O-])[N-]c1nnnn1OCCOn1nnnc1[N-][N+](=O)[O-]. The monoisotopic (exact) mass is 316 g/mol. The predicted octanol–water partition coefficient (Wildman–Crippen LogP) is -2.39. The average Bonchev–Trinajstić information content (AvgIpc) is 3.04. The van der Waals surface area contributed by atoms with Crippen molar-refractivity contribution in [3.8, 4) is 0 Å². The first-order chi connectivity index (χ1) is 10.6. The lowest BCUT2D eigenvalue weighted by Gasteiger charge is -2.13.